The van der Waals surface area contributed by atoms with E-state index in [2.05, 4.69) is 4.98 Å². The Morgan fingerprint density at radius 3 is 2.52 bits per heavy atom. The molecule has 2 heterocycles. The Hall–Kier alpha value is -3.03. The highest BCUT2D eigenvalue weighted by molar-refractivity contribution is 7.11. The largest absolute Gasteiger partial charge is 0.510 e. The lowest BCUT2D eigenvalue weighted by molar-refractivity contribution is 0.288. The van der Waals surface area contributed by atoms with Crippen LogP contribution in [0, 0.1) is 5.41 Å². The van der Waals surface area contributed by atoms with Crippen LogP contribution in [0.5, 0.6) is 11.5 Å². The molecule has 0 aliphatic carbocycles. The summed E-state index contributed by atoms with van der Waals surface area (Å²) < 4.78 is 11.3. The van der Waals surface area contributed by atoms with Gasteiger partial charge in [-0.15, -0.1) is 11.3 Å². The zero-order chi connectivity index (χ0) is 22.0. The SMILES string of the molecule is CCOc1ccc(N2CC(O)=C(c3nc(-c4ccc(Cl)cc4)cs3)C2=N)cc1OCC. The van der Waals surface area contributed by atoms with Crippen molar-refractivity contribution in [3.8, 4) is 22.8 Å². The number of aliphatic hydroxyl groups excluding tert-OH is 1. The number of benzene rings is 2. The Morgan fingerprint density at radius 1 is 1.10 bits per heavy atom. The van der Waals surface area contributed by atoms with E-state index in [9.17, 15) is 5.11 Å². The third-order valence-corrected chi connectivity index (χ3v) is 5.91. The molecule has 160 valence electrons. The maximum Gasteiger partial charge on any atom is 0.163 e. The highest BCUT2D eigenvalue weighted by atomic mass is 35.5. The van der Waals surface area contributed by atoms with Crippen molar-refractivity contribution in [3.05, 3.63) is 63.6 Å². The van der Waals surface area contributed by atoms with Gasteiger partial charge in [-0.2, -0.15) is 0 Å². The van der Waals surface area contributed by atoms with Gasteiger partial charge in [-0.1, -0.05) is 23.7 Å². The first kappa shape index (κ1) is 21.2. The number of rotatable bonds is 7. The van der Waals surface area contributed by atoms with Crippen LogP contribution in [0.3, 0.4) is 0 Å². The van der Waals surface area contributed by atoms with Gasteiger partial charge in [0.05, 0.1) is 31.0 Å². The second kappa shape index (κ2) is 8.99. The summed E-state index contributed by atoms with van der Waals surface area (Å²) >= 11 is 7.37. The lowest BCUT2D eigenvalue weighted by Gasteiger charge is -2.20. The number of nitrogens with one attached hydrogen (secondary N) is 1. The summed E-state index contributed by atoms with van der Waals surface area (Å²) in [6.07, 6.45) is 0. The van der Waals surface area contributed by atoms with Gasteiger partial charge in [0.15, 0.2) is 11.5 Å². The van der Waals surface area contributed by atoms with Crippen LogP contribution in [-0.2, 0) is 0 Å². The highest BCUT2D eigenvalue weighted by Crippen LogP contribution is 2.38. The van der Waals surface area contributed by atoms with E-state index >= 15 is 0 Å². The van der Waals surface area contributed by atoms with Gasteiger partial charge >= 0.3 is 0 Å². The third kappa shape index (κ3) is 4.24. The molecular formula is C23H22ClN3O3S. The lowest BCUT2D eigenvalue weighted by atomic mass is 10.2. The van der Waals surface area contributed by atoms with E-state index in [0.29, 0.717) is 40.3 Å². The monoisotopic (exact) mass is 455 g/mol. The summed E-state index contributed by atoms with van der Waals surface area (Å²) in [6, 6.07) is 12.9. The van der Waals surface area contributed by atoms with Crippen LogP contribution in [0.4, 0.5) is 5.69 Å². The molecule has 0 fully saturated rings. The summed E-state index contributed by atoms with van der Waals surface area (Å²) in [5.41, 5.74) is 2.90. The standard InChI is InChI=1S/C23H22ClN3O3S/c1-3-29-19-10-9-16(11-20(19)30-4-2)27-12-18(28)21(22(27)25)23-26-17(13-31-23)14-5-7-15(24)8-6-14/h5-11,13,25,28H,3-4,12H2,1-2H3. The zero-order valence-electron chi connectivity index (χ0n) is 17.2. The van der Waals surface area contributed by atoms with Crippen molar-refractivity contribution in [1.82, 2.24) is 4.98 Å². The molecule has 0 radical (unpaired) electrons. The maximum atomic E-state index is 10.7. The maximum absolute atomic E-state index is 10.7. The first-order valence-electron chi connectivity index (χ1n) is 9.91. The summed E-state index contributed by atoms with van der Waals surface area (Å²) in [7, 11) is 0. The minimum Gasteiger partial charge on any atom is -0.510 e. The van der Waals surface area contributed by atoms with E-state index in [1.54, 1.807) is 4.90 Å². The average Bonchev–Trinajstić information content (AvgIpc) is 3.34. The Kier molecular flexibility index (Phi) is 6.15. The molecule has 1 aromatic heterocycles. The number of halogens is 1. The van der Waals surface area contributed by atoms with E-state index in [4.69, 9.17) is 26.5 Å². The number of amidine groups is 1. The van der Waals surface area contributed by atoms with Gasteiger partial charge in [0, 0.05) is 27.7 Å². The van der Waals surface area contributed by atoms with E-state index < -0.39 is 0 Å². The molecule has 0 saturated carbocycles. The van der Waals surface area contributed by atoms with Gasteiger partial charge < -0.3 is 19.5 Å². The number of hydrogen-bond donors (Lipinski definition) is 2. The van der Waals surface area contributed by atoms with Crippen LogP contribution < -0.4 is 14.4 Å². The van der Waals surface area contributed by atoms with Crippen molar-refractivity contribution in [2.75, 3.05) is 24.7 Å². The Labute approximate surface area is 189 Å². The van der Waals surface area contributed by atoms with Gasteiger partial charge in [-0.25, -0.2) is 4.98 Å². The number of ether oxygens (including phenoxy) is 2. The Bertz CT molecular complexity index is 1140. The van der Waals surface area contributed by atoms with Crippen LogP contribution in [0.1, 0.15) is 18.9 Å². The molecule has 2 aromatic carbocycles. The zero-order valence-corrected chi connectivity index (χ0v) is 18.8. The van der Waals surface area contributed by atoms with Crippen LogP contribution in [0.15, 0.2) is 53.6 Å². The Balaban J connectivity index is 1.61. The van der Waals surface area contributed by atoms with Crippen molar-refractivity contribution in [1.29, 1.82) is 5.41 Å². The molecule has 4 rings (SSSR count). The smallest absolute Gasteiger partial charge is 0.163 e. The van der Waals surface area contributed by atoms with Gasteiger partial charge in [0.1, 0.15) is 16.6 Å². The minimum absolute atomic E-state index is 0.119. The predicted octanol–water partition coefficient (Wildman–Crippen LogP) is 6.03. The van der Waals surface area contributed by atoms with Crippen molar-refractivity contribution in [2.24, 2.45) is 0 Å². The van der Waals surface area contributed by atoms with Crippen molar-refractivity contribution in [2.45, 2.75) is 13.8 Å². The molecular weight excluding hydrogens is 434 g/mol. The lowest BCUT2D eigenvalue weighted by Crippen LogP contribution is -2.26. The molecule has 0 bridgehead atoms. The molecule has 3 aromatic rings. The topological polar surface area (TPSA) is 78.7 Å². The summed E-state index contributed by atoms with van der Waals surface area (Å²) in [5.74, 6) is 1.58. The van der Waals surface area contributed by atoms with E-state index in [0.717, 1.165) is 16.9 Å². The van der Waals surface area contributed by atoms with E-state index in [-0.39, 0.29) is 18.1 Å². The number of thiazole rings is 1. The third-order valence-electron chi connectivity index (χ3n) is 4.80. The second-order valence-corrected chi connectivity index (χ2v) is 8.09. The summed E-state index contributed by atoms with van der Waals surface area (Å²) in [6.45, 7) is 5.06. The molecule has 0 amide bonds. The number of aromatic nitrogens is 1. The van der Waals surface area contributed by atoms with Crippen molar-refractivity contribution < 1.29 is 14.6 Å². The first-order chi connectivity index (χ1) is 15.0. The molecule has 0 unspecified atom stereocenters. The summed E-state index contributed by atoms with van der Waals surface area (Å²) in [4.78, 5) is 6.38. The van der Waals surface area contributed by atoms with Gasteiger partial charge in [0.25, 0.3) is 0 Å². The Morgan fingerprint density at radius 2 is 1.81 bits per heavy atom. The number of anilines is 1. The highest BCUT2D eigenvalue weighted by Gasteiger charge is 2.31. The number of nitrogens with zero attached hydrogens (tertiary/aromatic N) is 2. The number of hydrogen-bond acceptors (Lipinski definition) is 6. The summed E-state index contributed by atoms with van der Waals surface area (Å²) in [5, 5.41) is 22.5. The second-order valence-electron chi connectivity index (χ2n) is 6.80. The van der Waals surface area contributed by atoms with E-state index in [1.165, 1.54) is 11.3 Å². The quantitative estimate of drug-likeness (QED) is 0.455. The molecule has 31 heavy (non-hydrogen) atoms. The van der Waals surface area contributed by atoms with Crippen LogP contribution in [-0.4, -0.2) is 35.7 Å². The molecule has 0 saturated heterocycles. The van der Waals surface area contributed by atoms with Crippen LogP contribution in [0.25, 0.3) is 16.8 Å². The fourth-order valence-corrected chi connectivity index (χ4v) is 4.40. The van der Waals surface area contributed by atoms with Gasteiger partial charge in [0.2, 0.25) is 0 Å². The number of aliphatic hydroxyl groups is 1. The predicted molar refractivity (Wildman–Crippen MR) is 126 cm³/mol. The first-order valence-corrected chi connectivity index (χ1v) is 11.2. The minimum atomic E-state index is 0.119. The average molecular weight is 456 g/mol. The fraction of sp³-hybridized carbons (Fsp3) is 0.217. The van der Waals surface area contributed by atoms with Gasteiger partial charge in [-0.3, -0.25) is 5.41 Å². The fourth-order valence-electron chi connectivity index (χ4n) is 3.37. The molecule has 0 spiro atoms. The molecule has 6 nitrogen and oxygen atoms in total. The molecule has 2 N–H and O–H groups in total. The van der Waals surface area contributed by atoms with Crippen molar-refractivity contribution in [3.63, 3.8) is 0 Å². The molecule has 0 atom stereocenters. The van der Waals surface area contributed by atoms with Gasteiger partial charge in [-0.05, 0) is 38.1 Å². The van der Waals surface area contributed by atoms with Crippen LogP contribution >= 0.6 is 22.9 Å². The van der Waals surface area contributed by atoms with Crippen molar-refractivity contribution >= 4 is 40.0 Å². The molecule has 1 aliphatic heterocycles. The normalized spacial score (nSPS) is 13.8. The molecule has 1 aliphatic rings. The van der Waals surface area contributed by atoms with E-state index in [1.807, 2.05) is 61.7 Å². The molecule has 8 heteroatoms. The van der Waals surface area contributed by atoms with Crippen LogP contribution in [0.2, 0.25) is 5.02 Å².